The lowest BCUT2D eigenvalue weighted by Gasteiger charge is -2.28. The highest BCUT2D eigenvalue weighted by molar-refractivity contribution is 7.87. The van der Waals surface area contributed by atoms with E-state index in [2.05, 4.69) is 20.7 Å². The van der Waals surface area contributed by atoms with Crippen molar-refractivity contribution in [2.24, 2.45) is 0 Å². The Labute approximate surface area is 229 Å². The molecule has 9 nitrogen and oxygen atoms in total. The van der Waals surface area contributed by atoms with E-state index in [4.69, 9.17) is 9.47 Å². The Morgan fingerprint density at radius 2 is 1.85 bits per heavy atom. The molecule has 3 heterocycles. The molecule has 1 amide bonds. The van der Waals surface area contributed by atoms with Crippen LogP contribution in [0.2, 0.25) is 0 Å². The Morgan fingerprint density at radius 1 is 1.03 bits per heavy atom. The van der Waals surface area contributed by atoms with Crippen molar-refractivity contribution in [1.82, 2.24) is 18.9 Å². The van der Waals surface area contributed by atoms with Crippen LogP contribution in [0.1, 0.15) is 53.9 Å². The molecule has 0 saturated heterocycles. The van der Waals surface area contributed by atoms with Crippen LogP contribution in [-0.4, -0.2) is 69.2 Å². The van der Waals surface area contributed by atoms with E-state index in [-0.39, 0.29) is 19.2 Å². The first-order valence-electron chi connectivity index (χ1n) is 13.9. The number of para-hydroxylation sites is 1. The number of nitrogens with zero attached hydrogens (tertiary/aromatic N) is 2. The van der Waals surface area contributed by atoms with Gasteiger partial charge in [-0.3, -0.25) is 4.79 Å². The quantitative estimate of drug-likeness (QED) is 0.478. The van der Waals surface area contributed by atoms with Gasteiger partial charge in [0.1, 0.15) is 12.4 Å². The summed E-state index contributed by atoms with van der Waals surface area (Å²) in [6, 6.07) is 13.8. The molecular weight excluding hydrogens is 516 g/mol. The number of ether oxygens (including phenoxy) is 2. The molecule has 4 bridgehead atoms. The van der Waals surface area contributed by atoms with E-state index < -0.39 is 16.1 Å². The first kappa shape index (κ1) is 26.3. The molecule has 3 aliphatic rings. The minimum absolute atomic E-state index is 0.0175. The SMILES string of the molecule is CN1CCOCCN[C@H]2COc3ccccc3-c3c(C4CCCCC4)c4ccc(cc4n3C2)C(=O)NS1(=O)=O. The highest BCUT2D eigenvalue weighted by Crippen LogP contribution is 2.46. The predicted molar refractivity (Wildman–Crippen MR) is 150 cm³/mol. The molecule has 1 fully saturated rings. The molecule has 6 rings (SSSR count). The van der Waals surface area contributed by atoms with E-state index in [1.807, 2.05) is 30.3 Å². The maximum Gasteiger partial charge on any atom is 0.303 e. The summed E-state index contributed by atoms with van der Waals surface area (Å²) < 4.78 is 43.4. The van der Waals surface area contributed by atoms with Crippen molar-refractivity contribution in [2.75, 3.05) is 40.0 Å². The van der Waals surface area contributed by atoms with Crippen LogP contribution in [0.3, 0.4) is 0 Å². The number of nitrogens with one attached hydrogen (secondary N) is 2. The number of likely N-dealkylation sites (N-methyl/N-ethyl adjacent to an activating group) is 1. The zero-order valence-corrected chi connectivity index (χ0v) is 23.1. The number of fused-ring (bicyclic) bond motifs is 4. The van der Waals surface area contributed by atoms with Gasteiger partial charge in [-0.15, -0.1) is 0 Å². The zero-order chi connectivity index (χ0) is 27.0. The predicted octanol–water partition coefficient (Wildman–Crippen LogP) is 3.64. The summed E-state index contributed by atoms with van der Waals surface area (Å²) in [5.74, 6) is 0.617. The summed E-state index contributed by atoms with van der Waals surface area (Å²) in [5.41, 5.74) is 4.76. The molecule has 0 unspecified atom stereocenters. The minimum Gasteiger partial charge on any atom is -0.491 e. The largest absolute Gasteiger partial charge is 0.491 e. The van der Waals surface area contributed by atoms with Crippen LogP contribution in [0.5, 0.6) is 5.75 Å². The molecule has 0 radical (unpaired) electrons. The van der Waals surface area contributed by atoms with Crippen LogP contribution in [-0.2, 0) is 21.5 Å². The third-order valence-electron chi connectivity index (χ3n) is 8.23. The molecule has 10 heteroatoms. The van der Waals surface area contributed by atoms with E-state index in [1.165, 1.54) is 31.9 Å². The second kappa shape index (κ2) is 10.9. The van der Waals surface area contributed by atoms with E-state index in [0.717, 1.165) is 45.1 Å². The molecule has 2 aromatic carbocycles. The van der Waals surface area contributed by atoms with Gasteiger partial charge in [0, 0.05) is 48.7 Å². The standard InChI is InChI=1S/C29H36N4O5S/c1-32-14-16-37-15-13-30-22-18-33-25-17-21(29(34)31-39(32,35)36)11-12-23(25)27(20-7-3-2-4-8-20)28(33)24-9-5-6-10-26(24)38-19-22/h5-6,9-12,17,20,22,30H,2-4,7-8,13-16,18-19H2,1H3,(H,31,34)/t22-/m1/s1. The summed E-state index contributed by atoms with van der Waals surface area (Å²) in [6.07, 6.45) is 5.91. The van der Waals surface area contributed by atoms with Crippen LogP contribution >= 0.6 is 0 Å². The van der Waals surface area contributed by atoms with Crippen LogP contribution in [0.25, 0.3) is 22.2 Å². The van der Waals surface area contributed by atoms with Crippen molar-refractivity contribution < 1.29 is 22.7 Å². The van der Waals surface area contributed by atoms with Crippen molar-refractivity contribution in [3.63, 3.8) is 0 Å². The van der Waals surface area contributed by atoms with Gasteiger partial charge in [-0.2, -0.15) is 12.7 Å². The molecule has 0 spiro atoms. The number of benzene rings is 2. The van der Waals surface area contributed by atoms with Gasteiger partial charge in [0.25, 0.3) is 5.91 Å². The molecule has 2 N–H and O–H groups in total. The fraction of sp³-hybridized carbons (Fsp3) is 0.483. The Kier molecular flexibility index (Phi) is 7.37. The number of rotatable bonds is 1. The summed E-state index contributed by atoms with van der Waals surface area (Å²) >= 11 is 0. The summed E-state index contributed by atoms with van der Waals surface area (Å²) in [5, 5.41) is 4.71. The summed E-state index contributed by atoms with van der Waals surface area (Å²) in [7, 11) is -2.56. The van der Waals surface area contributed by atoms with E-state index in [9.17, 15) is 13.2 Å². The minimum atomic E-state index is -4.00. The number of amides is 1. The van der Waals surface area contributed by atoms with Crippen LogP contribution in [0, 0.1) is 0 Å². The Morgan fingerprint density at radius 3 is 2.69 bits per heavy atom. The van der Waals surface area contributed by atoms with Crippen molar-refractivity contribution in [1.29, 1.82) is 0 Å². The summed E-state index contributed by atoms with van der Waals surface area (Å²) in [6.45, 7) is 2.56. The second-order valence-corrected chi connectivity index (χ2v) is 12.5. The second-order valence-electron chi connectivity index (χ2n) is 10.8. The van der Waals surface area contributed by atoms with Crippen molar-refractivity contribution >= 4 is 27.0 Å². The molecule has 1 aromatic heterocycles. The maximum absolute atomic E-state index is 13.2. The summed E-state index contributed by atoms with van der Waals surface area (Å²) in [4.78, 5) is 13.2. The van der Waals surface area contributed by atoms with E-state index in [0.29, 0.717) is 37.8 Å². The van der Waals surface area contributed by atoms with Crippen molar-refractivity contribution in [3.8, 4) is 17.0 Å². The van der Waals surface area contributed by atoms with Gasteiger partial charge in [0.05, 0.1) is 24.9 Å². The molecule has 1 atom stereocenters. The van der Waals surface area contributed by atoms with Gasteiger partial charge >= 0.3 is 10.2 Å². The van der Waals surface area contributed by atoms with E-state index >= 15 is 0 Å². The molecule has 2 aliphatic heterocycles. The molecule has 1 aliphatic carbocycles. The third-order valence-corrected chi connectivity index (χ3v) is 9.67. The Bertz CT molecular complexity index is 1480. The van der Waals surface area contributed by atoms with Gasteiger partial charge in [0.15, 0.2) is 0 Å². The first-order chi connectivity index (χ1) is 18.9. The highest BCUT2D eigenvalue weighted by Gasteiger charge is 2.31. The topological polar surface area (TPSA) is 102 Å². The molecule has 1 saturated carbocycles. The third kappa shape index (κ3) is 5.18. The monoisotopic (exact) mass is 552 g/mol. The molecule has 208 valence electrons. The normalized spacial score (nSPS) is 23.1. The van der Waals surface area contributed by atoms with Crippen LogP contribution in [0.4, 0.5) is 0 Å². The Hall–Kier alpha value is -2.92. The van der Waals surface area contributed by atoms with Crippen LogP contribution < -0.4 is 14.8 Å². The highest BCUT2D eigenvalue weighted by atomic mass is 32.2. The van der Waals surface area contributed by atoms with Gasteiger partial charge in [-0.1, -0.05) is 37.5 Å². The lowest BCUT2D eigenvalue weighted by atomic mass is 9.81. The van der Waals surface area contributed by atoms with Crippen LogP contribution in [0.15, 0.2) is 42.5 Å². The maximum atomic E-state index is 13.2. The average molecular weight is 553 g/mol. The fourth-order valence-electron chi connectivity index (χ4n) is 6.18. The fourth-order valence-corrected chi connectivity index (χ4v) is 7.00. The molecule has 3 aromatic rings. The lowest BCUT2D eigenvalue weighted by Crippen LogP contribution is -2.43. The number of hydrogen-bond donors (Lipinski definition) is 2. The van der Waals surface area contributed by atoms with Gasteiger partial charge in [-0.05, 0) is 48.6 Å². The number of carbonyl (C=O) groups excluding carboxylic acids is 1. The number of hydrogen-bond acceptors (Lipinski definition) is 6. The van der Waals surface area contributed by atoms with Gasteiger partial charge in [0.2, 0.25) is 0 Å². The molecule has 39 heavy (non-hydrogen) atoms. The number of carbonyl (C=O) groups is 1. The van der Waals surface area contributed by atoms with Crippen molar-refractivity contribution in [3.05, 3.63) is 53.6 Å². The number of aromatic nitrogens is 1. The Balaban J connectivity index is 1.56. The van der Waals surface area contributed by atoms with Gasteiger partial charge in [-0.25, -0.2) is 4.72 Å². The zero-order valence-electron chi connectivity index (χ0n) is 22.3. The van der Waals surface area contributed by atoms with Crippen molar-refractivity contribution in [2.45, 2.75) is 50.6 Å². The molecular formula is C29H36N4O5S. The van der Waals surface area contributed by atoms with Gasteiger partial charge < -0.3 is 19.4 Å². The lowest BCUT2D eigenvalue weighted by molar-refractivity contribution is 0.0976. The van der Waals surface area contributed by atoms with E-state index in [1.54, 1.807) is 6.07 Å². The average Bonchev–Trinajstić information content (AvgIpc) is 3.24. The first-order valence-corrected chi connectivity index (χ1v) is 15.3. The smallest absolute Gasteiger partial charge is 0.303 e.